The standard InChI is InChI=1S/C10H6BrF2NO/c11-6-3-7(12)9(8(13)4-6)10(1-2-10)14-5-15/h3-4H,1-2H2. The lowest BCUT2D eigenvalue weighted by atomic mass is 10.0. The summed E-state index contributed by atoms with van der Waals surface area (Å²) in [6.45, 7) is 0. The van der Waals surface area contributed by atoms with Crippen molar-refractivity contribution in [1.82, 2.24) is 0 Å². The minimum absolute atomic E-state index is 0.131. The van der Waals surface area contributed by atoms with E-state index in [2.05, 4.69) is 20.9 Å². The van der Waals surface area contributed by atoms with Crippen LogP contribution in [0.15, 0.2) is 21.6 Å². The largest absolute Gasteiger partial charge is 0.235 e. The van der Waals surface area contributed by atoms with Crippen molar-refractivity contribution in [2.45, 2.75) is 18.4 Å². The van der Waals surface area contributed by atoms with Gasteiger partial charge in [0.2, 0.25) is 6.08 Å². The molecule has 1 aliphatic carbocycles. The molecule has 0 heterocycles. The van der Waals surface area contributed by atoms with Crippen LogP contribution < -0.4 is 0 Å². The first-order valence-corrected chi connectivity index (χ1v) is 5.12. The first-order valence-electron chi connectivity index (χ1n) is 4.33. The van der Waals surface area contributed by atoms with Crippen LogP contribution >= 0.6 is 15.9 Å². The number of aliphatic imine (C=N–C) groups is 1. The summed E-state index contributed by atoms with van der Waals surface area (Å²) < 4.78 is 27.3. The van der Waals surface area contributed by atoms with Crippen LogP contribution in [-0.2, 0) is 10.3 Å². The van der Waals surface area contributed by atoms with E-state index >= 15 is 0 Å². The second-order valence-corrected chi connectivity index (χ2v) is 4.39. The highest BCUT2D eigenvalue weighted by atomic mass is 79.9. The van der Waals surface area contributed by atoms with E-state index in [9.17, 15) is 13.6 Å². The molecule has 78 valence electrons. The molecule has 15 heavy (non-hydrogen) atoms. The highest BCUT2D eigenvalue weighted by Crippen LogP contribution is 2.51. The fourth-order valence-electron chi connectivity index (χ4n) is 1.61. The average Bonchev–Trinajstić information content (AvgIpc) is 2.83. The Morgan fingerprint density at radius 1 is 1.33 bits per heavy atom. The first kappa shape index (κ1) is 10.5. The van der Waals surface area contributed by atoms with Crippen molar-refractivity contribution in [1.29, 1.82) is 0 Å². The monoisotopic (exact) mass is 273 g/mol. The van der Waals surface area contributed by atoms with E-state index in [-0.39, 0.29) is 5.56 Å². The highest BCUT2D eigenvalue weighted by molar-refractivity contribution is 9.10. The molecule has 0 unspecified atom stereocenters. The molecule has 0 bridgehead atoms. The molecule has 1 fully saturated rings. The van der Waals surface area contributed by atoms with Gasteiger partial charge in [0.1, 0.15) is 17.2 Å². The minimum Gasteiger partial charge on any atom is -0.211 e. The van der Waals surface area contributed by atoms with Gasteiger partial charge in [-0.25, -0.2) is 13.6 Å². The van der Waals surface area contributed by atoms with Crippen LogP contribution in [0.5, 0.6) is 0 Å². The van der Waals surface area contributed by atoms with E-state index in [1.54, 1.807) is 0 Å². The Morgan fingerprint density at radius 3 is 2.27 bits per heavy atom. The van der Waals surface area contributed by atoms with Crippen LogP contribution in [0.1, 0.15) is 18.4 Å². The van der Waals surface area contributed by atoms with Gasteiger partial charge >= 0.3 is 0 Å². The molecule has 1 aromatic carbocycles. The van der Waals surface area contributed by atoms with Gasteiger partial charge in [0, 0.05) is 4.47 Å². The van der Waals surface area contributed by atoms with E-state index in [1.165, 1.54) is 18.2 Å². The number of rotatable bonds is 2. The van der Waals surface area contributed by atoms with Crippen LogP contribution in [0, 0.1) is 11.6 Å². The summed E-state index contributed by atoms with van der Waals surface area (Å²) in [5.41, 5.74) is -1.13. The molecule has 0 radical (unpaired) electrons. The Labute approximate surface area is 93.1 Å². The average molecular weight is 274 g/mol. The summed E-state index contributed by atoms with van der Waals surface area (Å²) in [5.74, 6) is -1.36. The van der Waals surface area contributed by atoms with Crippen LogP contribution in [0.2, 0.25) is 0 Å². The number of isocyanates is 1. The summed E-state index contributed by atoms with van der Waals surface area (Å²) in [6, 6.07) is 2.33. The second kappa shape index (κ2) is 3.51. The molecule has 0 aromatic heterocycles. The molecule has 0 amide bonds. The van der Waals surface area contributed by atoms with Gasteiger partial charge < -0.3 is 0 Å². The zero-order chi connectivity index (χ0) is 11.1. The van der Waals surface area contributed by atoms with Crippen LogP contribution in [0.4, 0.5) is 8.78 Å². The first-order chi connectivity index (χ1) is 7.09. The topological polar surface area (TPSA) is 29.4 Å². The number of hydrogen-bond donors (Lipinski definition) is 0. The normalized spacial score (nSPS) is 17.0. The Bertz CT molecular complexity index is 441. The summed E-state index contributed by atoms with van der Waals surface area (Å²) in [7, 11) is 0. The number of halogens is 3. The molecule has 0 saturated heterocycles. The quantitative estimate of drug-likeness (QED) is 0.602. The van der Waals surface area contributed by atoms with Gasteiger partial charge in [0.15, 0.2) is 0 Å². The zero-order valence-electron chi connectivity index (χ0n) is 7.56. The minimum atomic E-state index is -1.00. The highest BCUT2D eigenvalue weighted by Gasteiger charge is 2.48. The summed E-state index contributed by atoms with van der Waals surface area (Å²) >= 11 is 2.99. The smallest absolute Gasteiger partial charge is 0.211 e. The fourth-order valence-corrected chi connectivity index (χ4v) is 2.01. The molecule has 5 heteroatoms. The predicted molar refractivity (Wildman–Crippen MR) is 53.1 cm³/mol. The van der Waals surface area contributed by atoms with Crippen molar-refractivity contribution in [3.05, 3.63) is 33.8 Å². The Kier molecular flexibility index (Phi) is 2.44. The van der Waals surface area contributed by atoms with Crippen molar-refractivity contribution in [2.75, 3.05) is 0 Å². The number of carbonyl (C=O) groups excluding carboxylic acids is 1. The number of nitrogens with zero attached hydrogens (tertiary/aromatic N) is 1. The third-order valence-corrected chi connectivity index (χ3v) is 2.91. The fraction of sp³-hybridized carbons (Fsp3) is 0.300. The molecule has 1 aromatic rings. The maximum absolute atomic E-state index is 13.5. The summed E-state index contributed by atoms with van der Waals surface area (Å²) in [5, 5.41) is 0. The maximum Gasteiger partial charge on any atom is 0.235 e. The number of benzene rings is 1. The van der Waals surface area contributed by atoms with E-state index in [1.807, 2.05) is 0 Å². The van der Waals surface area contributed by atoms with Gasteiger partial charge in [0.05, 0.1) is 5.56 Å². The molecule has 1 saturated carbocycles. The van der Waals surface area contributed by atoms with Crippen molar-refractivity contribution in [3.63, 3.8) is 0 Å². The summed E-state index contributed by atoms with van der Waals surface area (Å²) in [6.07, 6.45) is 2.34. The molecular weight excluding hydrogens is 268 g/mol. The van der Waals surface area contributed by atoms with Crippen molar-refractivity contribution >= 4 is 22.0 Å². The lowest BCUT2D eigenvalue weighted by Crippen LogP contribution is -2.09. The van der Waals surface area contributed by atoms with E-state index in [0.717, 1.165) is 0 Å². The zero-order valence-corrected chi connectivity index (χ0v) is 9.14. The van der Waals surface area contributed by atoms with Gasteiger partial charge in [0.25, 0.3) is 0 Å². The van der Waals surface area contributed by atoms with E-state index < -0.39 is 17.2 Å². The third-order valence-electron chi connectivity index (χ3n) is 2.46. The van der Waals surface area contributed by atoms with Gasteiger partial charge in [-0.05, 0) is 25.0 Å². The predicted octanol–water partition coefficient (Wildman–Crippen LogP) is 3.05. The molecule has 1 aliphatic rings. The molecule has 2 nitrogen and oxygen atoms in total. The van der Waals surface area contributed by atoms with E-state index in [4.69, 9.17) is 0 Å². The molecule has 0 spiro atoms. The lowest BCUT2D eigenvalue weighted by molar-refractivity contribution is 0.513. The molecular formula is C10H6BrF2NO. The van der Waals surface area contributed by atoms with Gasteiger partial charge in [-0.3, -0.25) is 0 Å². The molecule has 0 N–H and O–H groups in total. The van der Waals surface area contributed by atoms with Crippen LogP contribution in [-0.4, -0.2) is 6.08 Å². The Balaban J connectivity index is 2.58. The van der Waals surface area contributed by atoms with Crippen LogP contribution in [0.25, 0.3) is 0 Å². The molecule has 0 aliphatic heterocycles. The van der Waals surface area contributed by atoms with E-state index in [0.29, 0.717) is 17.3 Å². The third kappa shape index (κ3) is 1.73. The number of hydrogen-bond acceptors (Lipinski definition) is 2. The van der Waals surface area contributed by atoms with Crippen molar-refractivity contribution in [2.24, 2.45) is 4.99 Å². The Morgan fingerprint density at radius 2 is 1.87 bits per heavy atom. The van der Waals surface area contributed by atoms with Crippen LogP contribution in [0.3, 0.4) is 0 Å². The maximum atomic E-state index is 13.5. The van der Waals surface area contributed by atoms with Crippen molar-refractivity contribution < 1.29 is 13.6 Å². The molecule has 2 rings (SSSR count). The lowest BCUT2D eigenvalue weighted by Gasteiger charge is -2.10. The van der Waals surface area contributed by atoms with Gasteiger partial charge in [-0.2, -0.15) is 4.99 Å². The van der Waals surface area contributed by atoms with Crippen molar-refractivity contribution in [3.8, 4) is 0 Å². The van der Waals surface area contributed by atoms with Gasteiger partial charge in [-0.15, -0.1) is 0 Å². The Hall–Kier alpha value is -1.06. The summed E-state index contributed by atoms with van der Waals surface area (Å²) in [4.78, 5) is 13.7. The second-order valence-electron chi connectivity index (χ2n) is 3.48. The molecule has 0 atom stereocenters. The SMILES string of the molecule is O=C=NC1(c2c(F)cc(Br)cc2F)CC1. The van der Waals surface area contributed by atoms with Gasteiger partial charge in [-0.1, -0.05) is 15.9 Å².